The molecule has 2 N–H and O–H groups in total. The van der Waals surface area contributed by atoms with E-state index < -0.39 is 5.97 Å². The number of hydrogen-bond acceptors (Lipinski definition) is 2. The van der Waals surface area contributed by atoms with Gasteiger partial charge in [-0.2, -0.15) is 0 Å². The van der Waals surface area contributed by atoms with Crippen LogP contribution in [-0.2, 0) is 9.59 Å². The molecule has 2 rings (SSSR count). The van der Waals surface area contributed by atoms with Gasteiger partial charge in [0.25, 0.3) is 0 Å². The van der Waals surface area contributed by atoms with Crippen LogP contribution in [0.4, 0.5) is 0 Å². The average Bonchev–Trinajstić information content (AvgIpc) is 2.85. The summed E-state index contributed by atoms with van der Waals surface area (Å²) < 4.78 is 0.958. The number of carboxylic acids is 1. The molecule has 1 amide bonds. The lowest BCUT2D eigenvalue weighted by atomic mass is 10.1. The molecule has 1 aromatic rings. The number of aliphatic carboxylic acids is 1. The van der Waals surface area contributed by atoms with Gasteiger partial charge in [0.05, 0.1) is 5.92 Å². The largest absolute Gasteiger partial charge is 0.481 e. The van der Waals surface area contributed by atoms with E-state index in [0.29, 0.717) is 12.8 Å². The Labute approximate surface area is 126 Å². The molecule has 0 aromatic heterocycles. The molecule has 0 aliphatic heterocycles. The van der Waals surface area contributed by atoms with Crippen LogP contribution in [0.2, 0.25) is 0 Å². The summed E-state index contributed by atoms with van der Waals surface area (Å²) in [5.41, 5.74) is 0.935. The molecule has 1 saturated carbocycles. The van der Waals surface area contributed by atoms with E-state index in [1.54, 1.807) is 6.08 Å². The molecule has 0 unspecified atom stereocenters. The van der Waals surface area contributed by atoms with Gasteiger partial charge in [-0.15, -0.1) is 0 Å². The quantitative estimate of drug-likeness (QED) is 0.830. The van der Waals surface area contributed by atoms with E-state index in [0.717, 1.165) is 16.5 Å². The summed E-state index contributed by atoms with van der Waals surface area (Å²) in [6.45, 7) is 0. The zero-order valence-electron chi connectivity index (χ0n) is 10.9. The van der Waals surface area contributed by atoms with Gasteiger partial charge in [0, 0.05) is 16.6 Å². The second-order valence-electron chi connectivity index (χ2n) is 4.94. The molecule has 106 valence electrons. The van der Waals surface area contributed by atoms with Gasteiger partial charge in [0.15, 0.2) is 0 Å². The van der Waals surface area contributed by atoms with E-state index in [2.05, 4.69) is 21.2 Å². The summed E-state index contributed by atoms with van der Waals surface area (Å²) in [5, 5.41) is 11.8. The molecule has 2 atom stereocenters. The summed E-state index contributed by atoms with van der Waals surface area (Å²) in [7, 11) is 0. The Morgan fingerprint density at radius 2 is 2.15 bits per heavy atom. The fraction of sp³-hybridized carbons (Fsp3) is 0.333. The molecule has 5 heteroatoms. The van der Waals surface area contributed by atoms with Crippen LogP contribution >= 0.6 is 15.9 Å². The number of carbonyl (C=O) groups is 2. The zero-order valence-corrected chi connectivity index (χ0v) is 12.5. The van der Waals surface area contributed by atoms with Crippen molar-refractivity contribution in [2.75, 3.05) is 0 Å². The molecule has 1 fully saturated rings. The Bertz CT molecular complexity index is 542. The third-order valence-corrected chi connectivity index (χ3v) is 3.90. The first-order valence-corrected chi connectivity index (χ1v) is 7.31. The van der Waals surface area contributed by atoms with Gasteiger partial charge in [0.1, 0.15) is 0 Å². The van der Waals surface area contributed by atoms with Gasteiger partial charge in [0.2, 0.25) is 5.91 Å². The van der Waals surface area contributed by atoms with Crippen LogP contribution in [0, 0.1) is 5.92 Å². The van der Waals surface area contributed by atoms with Gasteiger partial charge >= 0.3 is 5.97 Å². The van der Waals surface area contributed by atoms with E-state index in [-0.39, 0.29) is 17.9 Å². The minimum atomic E-state index is -0.772. The topological polar surface area (TPSA) is 66.4 Å². The van der Waals surface area contributed by atoms with Crippen LogP contribution in [0.15, 0.2) is 34.8 Å². The molecule has 1 aliphatic carbocycles. The van der Waals surface area contributed by atoms with Crippen molar-refractivity contribution < 1.29 is 14.7 Å². The highest BCUT2D eigenvalue weighted by atomic mass is 79.9. The first-order valence-electron chi connectivity index (χ1n) is 6.51. The van der Waals surface area contributed by atoms with Crippen molar-refractivity contribution in [2.24, 2.45) is 5.92 Å². The minimum absolute atomic E-state index is 0.0317. The lowest BCUT2D eigenvalue weighted by Gasteiger charge is -2.10. The number of hydrogen-bond donors (Lipinski definition) is 2. The summed E-state index contributed by atoms with van der Waals surface area (Å²) in [6.07, 6.45) is 5.11. The molecule has 1 aliphatic rings. The van der Waals surface area contributed by atoms with Crippen molar-refractivity contribution in [3.05, 3.63) is 40.4 Å². The normalized spacial score (nSPS) is 22.1. The first kappa shape index (κ1) is 14.8. The highest BCUT2D eigenvalue weighted by Crippen LogP contribution is 2.25. The molecular weight excluding hydrogens is 322 g/mol. The Hall–Kier alpha value is -1.62. The zero-order chi connectivity index (χ0) is 14.5. The van der Waals surface area contributed by atoms with Crippen molar-refractivity contribution in [3.63, 3.8) is 0 Å². The lowest BCUT2D eigenvalue weighted by molar-refractivity contribution is -0.141. The van der Waals surface area contributed by atoms with Crippen molar-refractivity contribution >= 4 is 33.9 Å². The molecule has 0 heterocycles. The maximum Gasteiger partial charge on any atom is 0.306 e. The summed E-state index contributed by atoms with van der Waals surface area (Å²) in [4.78, 5) is 22.6. The standard InChI is InChI=1S/C15H16BrNO3/c16-12-3-1-2-10(8-12)4-7-14(18)17-13-6-5-11(9-13)15(19)20/h1-4,7-8,11,13H,5-6,9H2,(H,17,18)(H,19,20)/b7-4+/t11-,13+/m1/s1. The monoisotopic (exact) mass is 337 g/mol. The number of rotatable bonds is 4. The van der Waals surface area contributed by atoms with E-state index >= 15 is 0 Å². The van der Waals surface area contributed by atoms with Crippen molar-refractivity contribution in [2.45, 2.75) is 25.3 Å². The predicted molar refractivity (Wildman–Crippen MR) is 80.1 cm³/mol. The Morgan fingerprint density at radius 1 is 1.35 bits per heavy atom. The van der Waals surface area contributed by atoms with Gasteiger partial charge < -0.3 is 10.4 Å². The lowest BCUT2D eigenvalue weighted by Crippen LogP contribution is -2.31. The number of carbonyl (C=O) groups excluding carboxylic acids is 1. The number of nitrogens with one attached hydrogen (secondary N) is 1. The maximum absolute atomic E-state index is 11.8. The van der Waals surface area contributed by atoms with Crippen LogP contribution in [-0.4, -0.2) is 23.0 Å². The van der Waals surface area contributed by atoms with E-state index in [1.165, 1.54) is 6.08 Å². The fourth-order valence-corrected chi connectivity index (χ4v) is 2.79. The van der Waals surface area contributed by atoms with Crippen molar-refractivity contribution in [1.29, 1.82) is 0 Å². The summed E-state index contributed by atoms with van der Waals surface area (Å²) in [5.74, 6) is -1.28. The first-order chi connectivity index (χ1) is 9.54. The van der Waals surface area contributed by atoms with E-state index in [1.807, 2.05) is 24.3 Å². The van der Waals surface area contributed by atoms with Crippen molar-refractivity contribution in [1.82, 2.24) is 5.32 Å². The van der Waals surface area contributed by atoms with Crippen LogP contribution in [0.3, 0.4) is 0 Å². The third kappa shape index (κ3) is 4.20. The van der Waals surface area contributed by atoms with Crippen LogP contribution in [0.1, 0.15) is 24.8 Å². The highest BCUT2D eigenvalue weighted by molar-refractivity contribution is 9.10. The van der Waals surface area contributed by atoms with Gasteiger partial charge in [-0.25, -0.2) is 0 Å². The Kier molecular flexibility index (Phi) is 4.95. The number of carboxylic acid groups (broad SMARTS) is 1. The third-order valence-electron chi connectivity index (χ3n) is 3.40. The van der Waals surface area contributed by atoms with Crippen LogP contribution in [0.25, 0.3) is 6.08 Å². The smallest absolute Gasteiger partial charge is 0.306 e. The van der Waals surface area contributed by atoms with Gasteiger partial charge in [-0.05, 0) is 43.0 Å². The predicted octanol–water partition coefficient (Wildman–Crippen LogP) is 2.83. The maximum atomic E-state index is 11.8. The highest BCUT2D eigenvalue weighted by Gasteiger charge is 2.30. The van der Waals surface area contributed by atoms with E-state index in [9.17, 15) is 9.59 Å². The minimum Gasteiger partial charge on any atom is -0.481 e. The Morgan fingerprint density at radius 3 is 2.80 bits per heavy atom. The summed E-state index contributed by atoms with van der Waals surface area (Å²) in [6, 6.07) is 7.61. The van der Waals surface area contributed by atoms with Crippen molar-refractivity contribution in [3.8, 4) is 0 Å². The molecule has 0 spiro atoms. The molecule has 20 heavy (non-hydrogen) atoms. The summed E-state index contributed by atoms with van der Waals surface area (Å²) >= 11 is 3.37. The SMILES string of the molecule is O=C(/C=C/c1cccc(Br)c1)N[C@H]1CC[C@@H](C(=O)O)C1. The number of halogens is 1. The average molecular weight is 338 g/mol. The fourth-order valence-electron chi connectivity index (χ4n) is 2.37. The number of benzene rings is 1. The van der Waals surface area contributed by atoms with Crippen LogP contribution < -0.4 is 5.32 Å². The second-order valence-corrected chi connectivity index (χ2v) is 5.86. The molecule has 0 bridgehead atoms. The number of amides is 1. The molecule has 1 aromatic carbocycles. The molecule has 4 nitrogen and oxygen atoms in total. The molecular formula is C15H16BrNO3. The van der Waals surface area contributed by atoms with Gasteiger partial charge in [-0.3, -0.25) is 9.59 Å². The van der Waals surface area contributed by atoms with Gasteiger partial charge in [-0.1, -0.05) is 28.1 Å². The molecule has 0 radical (unpaired) electrons. The Balaban J connectivity index is 1.86. The second kappa shape index (κ2) is 6.70. The molecule has 0 saturated heterocycles. The van der Waals surface area contributed by atoms with Crippen LogP contribution in [0.5, 0.6) is 0 Å². The van der Waals surface area contributed by atoms with E-state index in [4.69, 9.17) is 5.11 Å².